The van der Waals surface area contributed by atoms with E-state index in [4.69, 9.17) is 9.72 Å². The number of aromatic nitrogens is 5. The third-order valence-electron chi connectivity index (χ3n) is 5.71. The van der Waals surface area contributed by atoms with Crippen molar-refractivity contribution in [2.24, 2.45) is 0 Å². The third-order valence-corrected chi connectivity index (χ3v) is 5.71. The van der Waals surface area contributed by atoms with E-state index in [1.54, 1.807) is 6.33 Å². The zero-order valence-corrected chi connectivity index (χ0v) is 17.3. The molecule has 0 spiro atoms. The van der Waals surface area contributed by atoms with Crippen molar-refractivity contribution in [3.05, 3.63) is 54.1 Å². The zero-order chi connectivity index (χ0) is 21.2. The molecular weight excluding hydrogens is 397 g/mol. The van der Waals surface area contributed by atoms with Crippen LogP contribution in [0.5, 0.6) is 0 Å². The molecule has 0 amide bonds. The largest absolute Gasteiger partial charge is 0.379 e. The van der Waals surface area contributed by atoms with Gasteiger partial charge in [-0.1, -0.05) is 24.3 Å². The zero-order valence-electron chi connectivity index (χ0n) is 17.3. The minimum atomic E-state index is -0.395. The molecule has 9 heteroatoms. The highest BCUT2D eigenvalue weighted by atomic mass is 19.1. The number of hydrogen-bond donors (Lipinski definition) is 2. The van der Waals surface area contributed by atoms with Gasteiger partial charge in [-0.25, -0.2) is 19.3 Å². The van der Waals surface area contributed by atoms with Gasteiger partial charge in [0.1, 0.15) is 11.8 Å². The van der Waals surface area contributed by atoms with Crippen LogP contribution in [-0.4, -0.2) is 62.7 Å². The molecule has 4 aromatic rings. The van der Waals surface area contributed by atoms with Gasteiger partial charge >= 0.3 is 0 Å². The topological polar surface area (TPSA) is 91.9 Å². The van der Waals surface area contributed by atoms with Crippen LogP contribution in [0.1, 0.15) is 24.4 Å². The first-order valence-corrected chi connectivity index (χ1v) is 10.5. The molecule has 0 bridgehead atoms. The number of fused-ring (bicyclic) bond motifs is 2. The number of halogens is 1. The number of ether oxygens (including phenoxy) is 1. The summed E-state index contributed by atoms with van der Waals surface area (Å²) in [4.78, 5) is 22.7. The molecule has 1 aromatic carbocycles. The number of H-pyrrole nitrogens is 1. The van der Waals surface area contributed by atoms with Gasteiger partial charge in [-0.05, 0) is 6.92 Å². The third kappa shape index (κ3) is 3.94. The number of hydrogen-bond acceptors (Lipinski definition) is 7. The smallest absolute Gasteiger partial charge is 0.182 e. The van der Waals surface area contributed by atoms with E-state index in [1.807, 2.05) is 31.2 Å². The number of imidazole rings is 1. The number of morpholine rings is 1. The summed E-state index contributed by atoms with van der Waals surface area (Å²) in [5.74, 6) is 0.264. The summed E-state index contributed by atoms with van der Waals surface area (Å²) in [5, 5.41) is 4.73. The number of rotatable bonds is 6. The number of nitrogens with zero attached hydrogens (tertiary/aromatic N) is 5. The van der Waals surface area contributed by atoms with Crippen LogP contribution in [0.25, 0.3) is 21.9 Å². The summed E-state index contributed by atoms with van der Waals surface area (Å²) in [7, 11) is 0. The predicted octanol–water partition coefficient (Wildman–Crippen LogP) is 3.09. The van der Waals surface area contributed by atoms with E-state index in [2.05, 4.69) is 30.2 Å². The van der Waals surface area contributed by atoms with Crippen LogP contribution in [0.3, 0.4) is 0 Å². The van der Waals surface area contributed by atoms with Gasteiger partial charge in [0, 0.05) is 36.8 Å². The second-order valence-electron chi connectivity index (χ2n) is 7.70. The van der Waals surface area contributed by atoms with Gasteiger partial charge in [0.05, 0.1) is 37.0 Å². The molecule has 5 rings (SSSR count). The average Bonchev–Trinajstić information content (AvgIpc) is 3.29. The Balaban J connectivity index is 1.47. The summed E-state index contributed by atoms with van der Waals surface area (Å²) < 4.78 is 20.9. The first kappa shape index (κ1) is 19.8. The minimum absolute atomic E-state index is 0.305. The quantitative estimate of drug-likeness (QED) is 0.494. The highest BCUT2D eigenvalue weighted by molar-refractivity contribution is 5.86. The van der Waals surface area contributed by atoms with Gasteiger partial charge in [-0.2, -0.15) is 0 Å². The highest BCUT2D eigenvalue weighted by Gasteiger charge is 2.21. The van der Waals surface area contributed by atoms with Crippen LogP contribution >= 0.6 is 0 Å². The van der Waals surface area contributed by atoms with Crippen LogP contribution in [-0.2, 0) is 11.2 Å². The Kier molecular flexibility index (Phi) is 5.44. The molecule has 3 aromatic heterocycles. The van der Waals surface area contributed by atoms with Crippen LogP contribution < -0.4 is 5.32 Å². The Bertz CT molecular complexity index is 1210. The molecule has 160 valence electrons. The van der Waals surface area contributed by atoms with Gasteiger partial charge in [0.15, 0.2) is 17.3 Å². The Morgan fingerprint density at radius 1 is 1.16 bits per heavy atom. The van der Waals surface area contributed by atoms with Gasteiger partial charge in [0.25, 0.3) is 0 Å². The Labute approximate surface area is 178 Å². The molecule has 1 aliphatic rings. The average molecular weight is 421 g/mol. The van der Waals surface area contributed by atoms with Gasteiger partial charge in [-0.15, -0.1) is 0 Å². The molecular formula is C22H24FN7O. The lowest BCUT2D eigenvalue weighted by Gasteiger charge is -2.26. The first-order chi connectivity index (χ1) is 15.2. The normalized spacial score (nSPS) is 16.1. The molecule has 0 radical (unpaired) electrons. The summed E-state index contributed by atoms with van der Waals surface area (Å²) in [5.41, 5.74) is 2.52. The van der Waals surface area contributed by atoms with Crippen molar-refractivity contribution >= 4 is 27.8 Å². The van der Waals surface area contributed by atoms with E-state index in [0.717, 1.165) is 50.3 Å². The lowest BCUT2D eigenvalue weighted by atomic mass is 10.0. The second-order valence-corrected chi connectivity index (χ2v) is 7.70. The molecule has 0 saturated carbocycles. The molecule has 4 heterocycles. The molecule has 1 aliphatic heterocycles. The van der Waals surface area contributed by atoms with E-state index in [1.165, 1.54) is 6.33 Å². The molecule has 1 unspecified atom stereocenters. The molecule has 1 saturated heterocycles. The number of anilines is 1. The van der Waals surface area contributed by atoms with Gasteiger partial charge in [0.2, 0.25) is 0 Å². The van der Waals surface area contributed by atoms with Crippen LogP contribution in [0.15, 0.2) is 36.9 Å². The van der Waals surface area contributed by atoms with Crippen molar-refractivity contribution in [1.82, 2.24) is 29.8 Å². The van der Waals surface area contributed by atoms with Crippen molar-refractivity contribution in [1.29, 1.82) is 0 Å². The van der Waals surface area contributed by atoms with Crippen molar-refractivity contribution in [2.75, 3.05) is 38.2 Å². The maximum Gasteiger partial charge on any atom is 0.182 e. The highest BCUT2D eigenvalue weighted by Crippen LogP contribution is 2.29. The maximum absolute atomic E-state index is 15.5. The van der Waals surface area contributed by atoms with Crippen molar-refractivity contribution in [3.8, 4) is 0 Å². The van der Waals surface area contributed by atoms with E-state index in [-0.39, 0.29) is 5.82 Å². The molecule has 1 atom stereocenters. The molecule has 2 N–H and O–H groups in total. The number of nitrogens with one attached hydrogen (secondary N) is 2. The Morgan fingerprint density at radius 3 is 2.81 bits per heavy atom. The summed E-state index contributed by atoms with van der Waals surface area (Å²) in [6.07, 6.45) is 3.75. The van der Waals surface area contributed by atoms with E-state index in [9.17, 15) is 0 Å². The fourth-order valence-electron chi connectivity index (χ4n) is 4.03. The van der Waals surface area contributed by atoms with E-state index < -0.39 is 6.04 Å². The summed E-state index contributed by atoms with van der Waals surface area (Å²) >= 11 is 0. The number of pyridine rings is 1. The lowest BCUT2D eigenvalue weighted by molar-refractivity contribution is 0.0384. The summed E-state index contributed by atoms with van der Waals surface area (Å²) in [6.45, 7) is 6.09. The van der Waals surface area contributed by atoms with E-state index >= 15 is 4.39 Å². The van der Waals surface area contributed by atoms with Crippen LogP contribution in [0, 0.1) is 5.82 Å². The maximum atomic E-state index is 15.5. The Hall–Kier alpha value is -3.17. The fourth-order valence-corrected chi connectivity index (χ4v) is 4.03. The SMILES string of the molecule is CC(Nc1ncnc2nc[nH]c12)c1nc(CCN2CCOCC2)c2ccccc2c1F. The fraction of sp³-hybridized carbons (Fsp3) is 0.364. The minimum Gasteiger partial charge on any atom is -0.379 e. The van der Waals surface area contributed by atoms with Gasteiger partial charge in [-0.3, -0.25) is 9.88 Å². The first-order valence-electron chi connectivity index (χ1n) is 10.5. The molecule has 1 fully saturated rings. The monoisotopic (exact) mass is 421 g/mol. The standard InChI is InChI=1S/C22H24FN7O/c1-14(28-22-20-21(25-12-24-20)26-13-27-22)19-18(23)16-5-3-2-4-15(16)17(29-19)6-7-30-8-10-31-11-9-30/h2-5,12-14H,6-11H2,1H3,(H2,24,25,26,27,28). The molecule has 0 aliphatic carbocycles. The Morgan fingerprint density at radius 2 is 1.97 bits per heavy atom. The van der Waals surface area contributed by atoms with E-state index in [0.29, 0.717) is 28.1 Å². The van der Waals surface area contributed by atoms with Crippen molar-refractivity contribution in [2.45, 2.75) is 19.4 Å². The van der Waals surface area contributed by atoms with Crippen molar-refractivity contribution < 1.29 is 9.13 Å². The second kappa shape index (κ2) is 8.52. The predicted molar refractivity (Wildman–Crippen MR) is 116 cm³/mol. The lowest BCUT2D eigenvalue weighted by Crippen LogP contribution is -2.37. The van der Waals surface area contributed by atoms with Crippen LogP contribution in [0.4, 0.5) is 10.2 Å². The van der Waals surface area contributed by atoms with Crippen LogP contribution in [0.2, 0.25) is 0 Å². The molecule has 8 nitrogen and oxygen atoms in total. The van der Waals surface area contributed by atoms with Gasteiger partial charge < -0.3 is 15.0 Å². The molecule has 31 heavy (non-hydrogen) atoms. The number of benzene rings is 1. The van der Waals surface area contributed by atoms with Crippen molar-refractivity contribution in [3.63, 3.8) is 0 Å². The summed E-state index contributed by atoms with van der Waals surface area (Å²) in [6, 6.07) is 7.16. The number of aromatic amines is 1.